The molecule has 0 radical (unpaired) electrons. The minimum Gasteiger partial charge on any atom is -0.486 e. The van der Waals surface area contributed by atoms with E-state index in [1.165, 1.54) is 10.6 Å². The smallest absolute Gasteiger partial charge is 0.433 e. The molecule has 3 rings (SSSR count). The van der Waals surface area contributed by atoms with E-state index in [0.717, 1.165) is 11.6 Å². The molecular formula is C21H25F3N2O3. The quantitative estimate of drug-likeness (QED) is 0.759. The number of allylic oxidation sites excluding steroid dienone is 2. The molecule has 0 bridgehead atoms. The maximum absolute atomic E-state index is 13.3. The summed E-state index contributed by atoms with van der Waals surface area (Å²) in [6, 6.07) is 2.23. The van der Waals surface area contributed by atoms with E-state index in [1.807, 2.05) is 26.8 Å². The molecule has 2 aromatic heterocycles. The molecule has 29 heavy (non-hydrogen) atoms. The Labute approximate surface area is 166 Å². The van der Waals surface area contributed by atoms with Crippen molar-refractivity contribution in [3.8, 4) is 5.75 Å². The number of aliphatic hydroxyl groups excluding tert-OH is 1. The monoisotopic (exact) mass is 410 g/mol. The van der Waals surface area contributed by atoms with Crippen molar-refractivity contribution in [2.45, 2.75) is 64.8 Å². The fourth-order valence-electron chi connectivity index (χ4n) is 3.99. The number of aromatic nitrogens is 2. The summed E-state index contributed by atoms with van der Waals surface area (Å²) < 4.78 is 47.0. The van der Waals surface area contributed by atoms with Gasteiger partial charge in [0.15, 0.2) is 0 Å². The Hall–Kier alpha value is -2.35. The molecule has 3 heterocycles. The highest BCUT2D eigenvalue weighted by atomic mass is 19.4. The van der Waals surface area contributed by atoms with Crippen LogP contribution in [0.3, 0.4) is 0 Å². The first-order valence-corrected chi connectivity index (χ1v) is 9.60. The maximum Gasteiger partial charge on any atom is 0.433 e. The Morgan fingerprint density at radius 3 is 2.66 bits per heavy atom. The van der Waals surface area contributed by atoms with Gasteiger partial charge in [-0.1, -0.05) is 11.6 Å². The lowest BCUT2D eigenvalue weighted by Gasteiger charge is -2.39. The zero-order chi connectivity index (χ0) is 21.6. The van der Waals surface area contributed by atoms with E-state index in [2.05, 4.69) is 4.98 Å². The normalized spacial score (nSPS) is 21.6. The van der Waals surface area contributed by atoms with Crippen molar-refractivity contribution in [1.29, 1.82) is 0 Å². The summed E-state index contributed by atoms with van der Waals surface area (Å²) in [5.74, 6) is -0.00193. The molecular weight excluding hydrogens is 385 g/mol. The number of ether oxygens (including phenoxy) is 1. The van der Waals surface area contributed by atoms with Crippen molar-refractivity contribution in [2.75, 3.05) is 6.61 Å². The van der Waals surface area contributed by atoms with Gasteiger partial charge in [-0.3, -0.25) is 9.36 Å². The molecule has 0 spiro atoms. The Morgan fingerprint density at radius 2 is 2.10 bits per heavy atom. The molecule has 1 N–H and O–H groups in total. The maximum atomic E-state index is 13.3. The molecule has 0 amide bonds. The van der Waals surface area contributed by atoms with Crippen molar-refractivity contribution in [2.24, 2.45) is 0 Å². The van der Waals surface area contributed by atoms with Gasteiger partial charge in [-0.2, -0.15) is 13.2 Å². The van der Waals surface area contributed by atoms with Gasteiger partial charge in [0.05, 0.1) is 10.9 Å². The molecule has 0 fully saturated rings. The summed E-state index contributed by atoms with van der Waals surface area (Å²) in [7, 11) is 0. The molecule has 0 saturated carbocycles. The van der Waals surface area contributed by atoms with Gasteiger partial charge in [0.1, 0.15) is 22.7 Å². The lowest BCUT2D eigenvalue weighted by Crippen LogP contribution is -2.42. The minimum absolute atomic E-state index is 0.0460. The number of aliphatic hydroxyl groups is 1. The third-order valence-electron chi connectivity index (χ3n) is 5.25. The van der Waals surface area contributed by atoms with Crippen LogP contribution in [0.5, 0.6) is 5.75 Å². The lowest BCUT2D eigenvalue weighted by molar-refractivity contribution is -0.141. The highest BCUT2D eigenvalue weighted by Gasteiger charge is 2.40. The first-order chi connectivity index (χ1) is 13.5. The number of halogens is 3. The van der Waals surface area contributed by atoms with Gasteiger partial charge >= 0.3 is 6.18 Å². The van der Waals surface area contributed by atoms with Gasteiger partial charge in [-0.05, 0) is 46.2 Å². The zero-order valence-corrected chi connectivity index (χ0v) is 16.9. The van der Waals surface area contributed by atoms with Gasteiger partial charge in [0.25, 0.3) is 5.56 Å². The second-order valence-electron chi connectivity index (χ2n) is 7.94. The van der Waals surface area contributed by atoms with E-state index >= 15 is 0 Å². The van der Waals surface area contributed by atoms with E-state index in [9.17, 15) is 23.1 Å². The highest BCUT2D eigenvalue weighted by Crippen LogP contribution is 2.45. The van der Waals surface area contributed by atoms with Gasteiger partial charge in [-0.15, -0.1) is 0 Å². The summed E-state index contributed by atoms with van der Waals surface area (Å²) in [5.41, 5.74) is -0.800. The average Bonchev–Trinajstić information content (AvgIpc) is 2.60. The van der Waals surface area contributed by atoms with Crippen LogP contribution in [0.4, 0.5) is 13.2 Å². The van der Waals surface area contributed by atoms with Crippen molar-refractivity contribution in [3.63, 3.8) is 0 Å². The topological polar surface area (TPSA) is 64.4 Å². The van der Waals surface area contributed by atoms with Crippen LogP contribution in [0.2, 0.25) is 0 Å². The largest absolute Gasteiger partial charge is 0.486 e. The number of rotatable bonds is 4. The van der Waals surface area contributed by atoms with Gasteiger partial charge < -0.3 is 9.84 Å². The molecule has 0 aliphatic carbocycles. The minimum atomic E-state index is -4.62. The van der Waals surface area contributed by atoms with E-state index in [1.54, 1.807) is 6.92 Å². The fraction of sp³-hybridized carbons (Fsp3) is 0.524. The third-order valence-corrected chi connectivity index (χ3v) is 5.25. The molecule has 0 saturated heterocycles. The first kappa shape index (κ1) is 21.4. The molecule has 1 aliphatic rings. The molecule has 8 heteroatoms. The molecule has 2 unspecified atom stereocenters. The van der Waals surface area contributed by atoms with Crippen molar-refractivity contribution >= 4 is 11.0 Å². The van der Waals surface area contributed by atoms with Crippen LogP contribution in [0.1, 0.15) is 57.7 Å². The second kappa shape index (κ2) is 7.48. The van der Waals surface area contributed by atoms with E-state index in [-0.39, 0.29) is 30.5 Å². The van der Waals surface area contributed by atoms with Crippen molar-refractivity contribution in [3.05, 3.63) is 45.4 Å². The number of aryl methyl sites for hydroxylation is 1. The van der Waals surface area contributed by atoms with Crippen molar-refractivity contribution in [1.82, 2.24) is 9.55 Å². The molecule has 2 atom stereocenters. The van der Waals surface area contributed by atoms with Crippen molar-refractivity contribution < 1.29 is 23.0 Å². The Balaban J connectivity index is 2.38. The van der Waals surface area contributed by atoms with Crippen LogP contribution < -0.4 is 10.3 Å². The molecule has 0 aromatic carbocycles. The van der Waals surface area contributed by atoms with Crippen LogP contribution in [0.15, 0.2) is 28.6 Å². The Bertz CT molecular complexity index is 1020. The molecule has 2 aromatic rings. The van der Waals surface area contributed by atoms with Gasteiger partial charge in [0, 0.05) is 25.5 Å². The summed E-state index contributed by atoms with van der Waals surface area (Å²) in [6.07, 6.45) is -1.81. The Morgan fingerprint density at radius 1 is 1.41 bits per heavy atom. The number of hydrogen-bond donors (Lipinski definition) is 1. The highest BCUT2D eigenvalue weighted by molar-refractivity contribution is 5.85. The van der Waals surface area contributed by atoms with Crippen LogP contribution in [0, 0.1) is 0 Å². The van der Waals surface area contributed by atoms with E-state index < -0.39 is 23.0 Å². The fourth-order valence-corrected chi connectivity index (χ4v) is 3.99. The predicted octanol–water partition coefficient (Wildman–Crippen LogP) is 4.41. The number of fused-ring (bicyclic) bond motifs is 3. The van der Waals surface area contributed by atoms with Crippen LogP contribution in [-0.2, 0) is 12.7 Å². The molecule has 158 valence electrons. The summed E-state index contributed by atoms with van der Waals surface area (Å²) in [5, 5.41) is 9.84. The van der Waals surface area contributed by atoms with Crippen LogP contribution >= 0.6 is 0 Å². The first-order valence-electron chi connectivity index (χ1n) is 9.60. The lowest BCUT2D eigenvalue weighted by atomic mass is 9.81. The number of nitrogens with zero attached hydrogens (tertiary/aromatic N) is 2. The van der Waals surface area contributed by atoms with Gasteiger partial charge in [-0.25, -0.2) is 4.98 Å². The van der Waals surface area contributed by atoms with Crippen LogP contribution in [-0.4, -0.2) is 26.9 Å². The van der Waals surface area contributed by atoms with E-state index in [4.69, 9.17) is 4.74 Å². The van der Waals surface area contributed by atoms with Gasteiger partial charge in [0.2, 0.25) is 0 Å². The summed E-state index contributed by atoms with van der Waals surface area (Å²) in [6.45, 7) is 7.47. The zero-order valence-electron chi connectivity index (χ0n) is 16.9. The van der Waals surface area contributed by atoms with E-state index in [0.29, 0.717) is 23.8 Å². The summed E-state index contributed by atoms with van der Waals surface area (Å²) in [4.78, 5) is 17.0. The number of hydrogen-bond acceptors (Lipinski definition) is 4. The molecule has 5 nitrogen and oxygen atoms in total. The number of pyridine rings is 2. The standard InChI is InChI=1S/C21H25F3N2O3/c1-5-26-18-14(6-7-15(25-18)21(22,23)24)17-16(19(26)28)13(10-12(2)3)11-20(4,29-17)8-9-27/h6-7,10,13,27H,5,8-9,11H2,1-4H3. The van der Waals surface area contributed by atoms with Crippen LogP contribution in [0.25, 0.3) is 11.0 Å². The average molecular weight is 410 g/mol. The predicted molar refractivity (Wildman–Crippen MR) is 104 cm³/mol. The molecule has 1 aliphatic heterocycles. The SMILES string of the molecule is CCn1c(=O)c2c(c3ccc(C(F)(F)F)nc31)OC(C)(CCO)CC2C=C(C)C. The summed E-state index contributed by atoms with van der Waals surface area (Å²) >= 11 is 0. The third kappa shape index (κ3) is 3.90. The second-order valence-corrected chi connectivity index (χ2v) is 7.94. The Kier molecular flexibility index (Phi) is 5.51. The number of alkyl halides is 3.